The molecule has 2 N–H and O–H groups in total. The van der Waals surface area contributed by atoms with Gasteiger partial charge in [-0.25, -0.2) is 0 Å². The molecule has 1 aromatic heterocycles. The molecule has 5 heteroatoms. The molecule has 1 aromatic rings. The van der Waals surface area contributed by atoms with Gasteiger partial charge in [0, 0.05) is 31.4 Å². The number of hydrogen-bond acceptors (Lipinski definition) is 3. The fourth-order valence-corrected chi connectivity index (χ4v) is 2.44. The second-order valence-electron chi connectivity index (χ2n) is 2.87. The molecule has 0 aliphatic carbocycles. The van der Waals surface area contributed by atoms with Gasteiger partial charge in [0.25, 0.3) is 0 Å². The van der Waals surface area contributed by atoms with Crippen LogP contribution in [0.4, 0.5) is 0 Å². The third kappa shape index (κ3) is 4.74. The summed E-state index contributed by atoms with van der Waals surface area (Å²) < 4.78 is 1.15. The molecule has 78 valence electrons. The van der Waals surface area contributed by atoms with Gasteiger partial charge in [-0.1, -0.05) is 0 Å². The predicted molar refractivity (Wildman–Crippen MR) is 62.4 cm³/mol. The number of hydrogen-bond donors (Lipinski definition) is 2. The van der Waals surface area contributed by atoms with Crippen molar-refractivity contribution in [1.29, 1.82) is 0 Å². The Balaban J connectivity index is 2.07. The predicted octanol–water partition coefficient (Wildman–Crippen LogP) is 1.74. The van der Waals surface area contributed by atoms with E-state index in [1.807, 2.05) is 6.07 Å². The van der Waals surface area contributed by atoms with Crippen molar-refractivity contribution in [3.8, 4) is 0 Å². The lowest BCUT2D eigenvalue weighted by atomic mass is 10.4. The number of carbonyl (C=O) groups is 1. The van der Waals surface area contributed by atoms with Crippen molar-refractivity contribution in [2.75, 3.05) is 13.1 Å². The van der Waals surface area contributed by atoms with Gasteiger partial charge in [-0.3, -0.25) is 4.79 Å². The van der Waals surface area contributed by atoms with E-state index in [9.17, 15) is 4.79 Å². The zero-order valence-electron chi connectivity index (χ0n) is 7.97. The van der Waals surface area contributed by atoms with E-state index in [0.717, 1.165) is 16.9 Å². The number of nitrogens with one attached hydrogen (secondary N) is 2. The van der Waals surface area contributed by atoms with E-state index in [1.165, 1.54) is 11.8 Å². The minimum Gasteiger partial charge on any atom is -0.355 e. The van der Waals surface area contributed by atoms with E-state index >= 15 is 0 Å². The van der Waals surface area contributed by atoms with Gasteiger partial charge in [-0.15, -0.1) is 11.3 Å². The van der Waals surface area contributed by atoms with Crippen LogP contribution in [0.15, 0.2) is 15.9 Å². The quantitative estimate of drug-likeness (QED) is 0.805. The Morgan fingerprint density at radius 2 is 2.29 bits per heavy atom. The van der Waals surface area contributed by atoms with E-state index in [0.29, 0.717) is 6.54 Å². The van der Waals surface area contributed by atoms with Crippen LogP contribution in [0, 0.1) is 0 Å². The van der Waals surface area contributed by atoms with E-state index in [2.05, 4.69) is 32.6 Å². The van der Waals surface area contributed by atoms with Crippen molar-refractivity contribution < 1.29 is 4.79 Å². The molecule has 1 rings (SSSR count). The Bertz CT molecular complexity index is 301. The SMILES string of the molecule is CC(=O)NCCNCc1ccc(Br)s1. The molecular formula is C9H13BrN2OS. The summed E-state index contributed by atoms with van der Waals surface area (Å²) in [5.74, 6) is 0.0191. The van der Waals surface area contributed by atoms with E-state index in [4.69, 9.17) is 0 Å². The summed E-state index contributed by atoms with van der Waals surface area (Å²) in [5.41, 5.74) is 0. The fourth-order valence-electron chi connectivity index (χ4n) is 0.985. The van der Waals surface area contributed by atoms with Crippen LogP contribution >= 0.6 is 27.3 Å². The van der Waals surface area contributed by atoms with Gasteiger partial charge in [0.2, 0.25) is 5.91 Å². The summed E-state index contributed by atoms with van der Waals surface area (Å²) in [5, 5.41) is 5.97. The minimum absolute atomic E-state index is 0.0191. The molecule has 1 heterocycles. The molecule has 0 saturated heterocycles. The number of halogens is 1. The maximum atomic E-state index is 10.5. The lowest BCUT2D eigenvalue weighted by Gasteiger charge is -2.03. The fraction of sp³-hybridized carbons (Fsp3) is 0.444. The van der Waals surface area contributed by atoms with Gasteiger partial charge in [-0.05, 0) is 28.1 Å². The molecule has 0 bridgehead atoms. The topological polar surface area (TPSA) is 41.1 Å². The average molecular weight is 277 g/mol. The van der Waals surface area contributed by atoms with Crippen LogP contribution in [-0.4, -0.2) is 19.0 Å². The first kappa shape index (κ1) is 11.7. The van der Waals surface area contributed by atoms with E-state index in [1.54, 1.807) is 11.3 Å². The number of thiophene rings is 1. The maximum Gasteiger partial charge on any atom is 0.216 e. The average Bonchev–Trinajstić information content (AvgIpc) is 2.50. The van der Waals surface area contributed by atoms with Crippen molar-refractivity contribution in [2.24, 2.45) is 0 Å². The highest BCUT2D eigenvalue weighted by Crippen LogP contribution is 2.21. The Kier molecular flexibility index (Phi) is 5.14. The molecule has 14 heavy (non-hydrogen) atoms. The monoisotopic (exact) mass is 276 g/mol. The van der Waals surface area contributed by atoms with Crippen molar-refractivity contribution in [3.05, 3.63) is 20.8 Å². The zero-order chi connectivity index (χ0) is 10.4. The lowest BCUT2D eigenvalue weighted by Crippen LogP contribution is -2.29. The highest BCUT2D eigenvalue weighted by Gasteiger charge is 1.96. The summed E-state index contributed by atoms with van der Waals surface area (Å²) >= 11 is 5.13. The first-order valence-electron chi connectivity index (χ1n) is 4.38. The van der Waals surface area contributed by atoms with Crippen LogP contribution in [-0.2, 0) is 11.3 Å². The van der Waals surface area contributed by atoms with Gasteiger partial charge in [-0.2, -0.15) is 0 Å². The lowest BCUT2D eigenvalue weighted by molar-refractivity contribution is -0.118. The van der Waals surface area contributed by atoms with Gasteiger partial charge in [0.1, 0.15) is 0 Å². The third-order valence-corrected chi connectivity index (χ3v) is 3.23. The molecule has 0 spiro atoms. The van der Waals surface area contributed by atoms with Crippen LogP contribution in [0.25, 0.3) is 0 Å². The normalized spacial score (nSPS) is 10.1. The third-order valence-electron chi connectivity index (χ3n) is 1.60. The number of amides is 1. The van der Waals surface area contributed by atoms with Gasteiger partial charge < -0.3 is 10.6 Å². The van der Waals surface area contributed by atoms with Crippen LogP contribution in [0.5, 0.6) is 0 Å². The summed E-state index contributed by atoms with van der Waals surface area (Å²) in [6, 6.07) is 4.12. The van der Waals surface area contributed by atoms with Crippen molar-refractivity contribution in [1.82, 2.24) is 10.6 Å². The highest BCUT2D eigenvalue weighted by atomic mass is 79.9. The largest absolute Gasteiger partial charge is 0.355 e. The molecule has 0 radical (unpaired) electrons. The van der Waals surface area contributed by atoms with Crippen LogP contribution in [0.1, 0.15) is 11.8 Å². The van der Waals surface area contributed by atoms with Crippen LogP contribution in [0.3, 0.4) is 0 Å². The first-order valence-corrected chi connectivity index (χ1v) is 5.99. The molecule has 0 unspecified atom stereocenters. The first-order chi connectivity index (χ1) is 6.68. The maximum absolute atomic E-state index is 10.5. The molecule has 0 atom stereocenters. The summed E-state index contributed by atoms with van der Waals surface area (Å²) in [4.78, 5) is 11.8. The van der Waals surface area contributed by atoms with Crippen LogP contribution < -0.4 is 10.6 Å². The minimum atomic E-state index is 0.0191. The van der Waals surface area contributed by atoms with Gasteiger partial charge in [0.05, 0.1) is 3.79 Å². The Morgan fingerprint density at radius 3 is 2.86 bits per heavy atom. The van der Waals surface area contributed by atoms with E-state index < -0.39 is 0 Å². The standard InChI is InChI=1S/C9H13BrN2OS/c1-7(13)12-5-4-11-6-8-2-3-9(10)14-8/h2-3,11H,4-6H2,1H3,(H,12,13). The second kappa shape index (κ2) is 6.16. The van der Waals surface area contributed by atoms with Crippen molar-refractivity contribution in [3.63, 3.8) is 0 Å². The van der Waals surface area contributed by atoms with Crippen LogP contribution in [0.2, 0.25) is 0 Å². The smallest absolute Gasteiger partial charge is 0.216 e. The van der Waals surface area contributed by atoms with Gasteiger partial charge >= 0.3 is 0 Å². The molecule has 0 aliphatic heterocycles. The van der Waals surface area contributed by atoms with Crippen molar-refractivity contribution >= 4 is 33.2 Å². The molecule has 3 nitrogen and oxygen atoms in total. The molecule has 0 aliphatic rings. The molecule has 1 amide bonds. The number of rotatable bonds is 5. The summed E-state index contributed by atoms with van der Waals surface area (Å²) in [7, 11) is 0. The molecule has 0 aromatic carbocycles. The Labute approximate surface area is 96.0 Å². The zero-order valence-corrected chi connectivity index (χ0v) is 10.4. The van der Waals surface area contributed by atoms with Crippen molar-refractivity contribution in [2.45, 2.75) is 13.5 Å². The van der Waals surface area contributed by atoms with Gasteiger partial charge in [0.15, 0.2) is 0 Å². The molecule has 0 saturated carbocycles. The van der Waals surface area contributed by atoms with E-state index in [-0.39, 0.29) is 5.91 Å². The summed E-state index contributed by atoms with van der Waals surface area (Å²) in [6.07, 6.45) is 0. The Morgan fingerprint density at radius 1 is 1.50 bits per heavy atom. The molecular weight excluding hydrogens is 264 g/mol. The highest BCUT2D eigenvalue weighted by molar-refractivity contribution is 9.11. The summed E-state index contributed by atoms with van der Waals surface area (Å²) in [6.45, 7) is 3.86. The number of carbonyl (C=O) groups excluding carboxylic acids is 1. The Hall–Kier alpha value is -0.390. The molecule has 0 fully saturated rings. The second-order valence-corrected chi connectivity index (χ2v) is 5.41.